The third-order valence-corrected chi connectivity index (χ3v) is 2.16. The van der Waals surface area contributed by atoms with Crippen LogP contribution in [-0.4, -0.2) is 11.3 Å². The fraction of sp³-hybridized carbons (Fsp3) is 0.0714. The van der Waals surface area contributed by atoms with Crippen molar-refractivity contribution >= 4 is 0 Å². The third-order valence-electron chi connectivity index (χ3n) is 2.16. The number of halogens is 3. The first-order valence-corrected chi connectivity index (χ1v) is 5.42. The summed E-state index contributed by atoms with van der Waals surface area (Å²) in [5, 5.41) is 0. The van der Waals surface area contributed by atoms with Gasteiger partial charge in [0.2, 0.25) is 5.88 Å². The van der Waals surface area contributed by atoms with Crippen molar-refractivity contribution in [3.63, 3.8) is 0 Å². The van der Waals surface area contributed by atoms with Gasteiger partial charge in [-0.2, -0.15) is 0 Å². The van der Waals surface area contributed by atoms with Crippen LogP contribution in [0, 0.1) is 12.3 Å². The molecule has 0 aliphatic rings. The summed E-state index contributed by atoms with van der Waals surface area (Å²) in [6, 6.07) is 8.29. The maximum absolute atomic E-state index is 12.1. The Bertz CT molecular complexity index is 630. The molecule has 0 saturated heterocycles. The van der Waals surface area contributed by atoms with Gasteiger partial charge in [-0.25, -0.2) is 4.98 Å². The third kappa shape index (κ3) is 3.92. The minimum atomic E-state index is -4.74. The summed E-state index contributed by atoms with van der Waals surface area (Å²) in [6.07, 6.45) is 1.85. The highest BCUT2D eigenvalue weighted by atomic mass is 19.4. The summed E-state index contributed by atoms with van der Waals surface area (Å²) in [5.74, 6) is 2.41. The zero-order valence-corrected chi connectivity index (χ0v) is 10.0. The van der Waals surface area contributed by atoms with Crippen LogP contribution < -0.4 is 9.47 Å². The van der Waals surface area contributed by atoms with Crippen molar-refractivity contribution in [2.75, 3.05) is 0 Å². The molecule has 0 bridgehead atoms. The summed E-state index contributed by atoms with van der Waals surface area (Å²) in [7, 11) is 0. The number of alkyl halides is 3. The molecule has 0 spiro atoms. The summed E-state index contributed by atoms with van der Waals surface area (Å²) >= 11 is 0. The number of benzene rings is 1. The molecule has 0 atom stereocenters. The topological polar surface area (TPSA) is 31.4 Å². The molecule has 0 unspecified atom stereocenters. The smallest absolute Gasteiger partial charge is 0.439 e. The second-order valence-electron chi connectivity index (χ2n) is 3.65. The molecule has 1 aromatic carbocycles. The van der Waals surface area contributed by atoms with Crippen molar-refractivity contribution in [3.8, 4) is 29.7 Å². The number of hydrogen-bond acceptors (Lipinski definition) is 3. The van der Waals surface area contributed by atoms with E-state index in [4.69, 9.17) is 11.2 Å². The predicted octanol–water partition coefficient (Wildman–Crippen LogP) is 3.75. The molecule has 0 saturated carbocycles. The fourth-order valence-corrected chi connectivity index (χ4v) is 1.38. The van der Waals surface area contributed by atoms with Gasteiger partial charge in [0.25, 0.3) is 0 Å². The van der Waals surface area contributed by atoms with Crippen LogP contribution in [0.1, 0.15) is 5.56 Å². The first-order valence-electron chi connectivity index (χ1n) is 5.42. The van der Waals surface area contributed by atoms with Gasteiger partial charge in [0.1, 0.15) is 11.5 Å². The molecular weight excluding hydrogens is 271 g/mol. The lowest BCUT2D eigenvalue weighted by Crippen LogP contribution is -2.17. The largest absolute Gasteiger partial charge is 0.573 e. The highest BCUT2D eigenvalue weighted by Crippen LogP contribution is 2.28. The zero-order chi connectivity index (χ0) is 14.6. The lowest BCUT2D eigenvalue weighted by atomic mass is 10.3. The quantitative estimate of drug-likeness (QED) is 0.802. The van der Waals surface area contributed by atoms with Gasteiger partial charge in [-0.3, -0.25) is 0 Å². The van der Waals surface area contributed by atoms with Crippen LogP contribution in [0.2, 0.25) is 0 Å². The van der Waals surface area contributed by atoms with Crippen molar-refractivity contribution in [2.45, 2.75) is 6.36 Å². The molecule has 20 heavy (non-hydrogen) atoms. The normalized spacial score (nSPS) is 10.7. The van der Waals surface area contributed by atoms with Crippen LogP contribution in [0.5, 0.6) is 17.4 Å². The number of nitrogens with zero attached hydrogens (tertiary/aromatic N) is 1. The number of pyridine rings is 1. The van der Waals surface area contributed by atoms with Crippen LogP contribution in [0.4, 0.5) is 13.2 Å². The van der Waals surface area contributed by atoms with Crippen LogP contribution in [-0.2, 0) is 0 Å². The van der Waals surface area contributed by atoms with Gasteiger partial charge in [0, 0.05) is 23.9 Å². The van der Waals surface area contributed by atoms with E-state index >= 15 is 0 Å². The molecule has 6 heteroatoms. The Kier molecular flexibility index (Phi) is 3.80. The number of rotatable bonds is 3. The maximum atomic E-state index is 12.1. The van der Waals surface area contributed by atoms with Crippen LogP contribution in [0.3, 0.4) is 0 Å². The molecule has 0 aliphatic heterocycles. The van der Waals surface area contributed by atoms with E-state index in [0.29, 0.717) is 5.56 Å². The minimum absolute atomic E-state index is 0.174. The first kappa shape index (κ1) is 13.7. The average molecular weight is 279 g/mol. The monoisotopic (exact) mass is 279 g/mol. The molecule has 1 aromatic heterocycles. The van der Waals surface area contributed by atoms with Gasteiger partial charge in [0.05, 0.1) is 0 Å². The van der Waals surface area contributed by atoms with Crippen molar-refractivity contribution in [1.29, 1.82) is 0 Å². The van der Waals surface area contributed by atoms with Crippen molar-refractivity contribution in [3.05, 3.63) is 48.2 Å². The fourth-order valence-electron chi connectivity index (χ4n) is 1.38. The standard InChI is InChI=1S/C14H8F3NO2/c1-2-10-6-7-13(18-9-10)19-11-4-3-5-12(8-11)20-14(15,16)17/h1,3-9H. The molecule has 2 rings (SSSR count). The highest BCUT2D eigenvalue weighted by Gasteiger charge is 2.31. The van der Waals surface area contributed by atoms with E-state index in [1.165, 1.54) is 30.5 Å². The summed E-state index contributed by atoms with van der Waals surface area (Å²) in [5.41, 5.74) is 0.575. The molecule has 0 fully saturated rings. The first-order chi connectivity index (χ1) is 9.46. The number of terminal acetylenes is 1. The summed E-state index contributed by atoms with van der Waals surface area (Å²) in [6.45, 7) is 0. The molecule has 102 valence electrons. The van der Waals surface area contributed by atoms with Crippen molar-refractivity contribution < 1.29 is 22.6 Å². The number of hydrogen-bond donors (Lipinski definition) is 0. The Balaban J connectivity index is 2.13. The number of aromatic nitrogens is 1. The van der Waals surface area contributed by atoms with Gasteiger partial charge < -0.3 is 9.47 Å². The van der Waals surface area contributed by atoms with Gasteiger partial charge in [-0.05, 0) is 18.2 Å². The number of ether oxygens (including phenoxy) is 2. The molecule has 0 aliphatic carbocycles. The molecule has 3 nitrogen and oxygen atoms in total. The second-order valence-corrected chi connectivity index (χ2v) is 3.65. The molecule has 2 aromatic rings. The summed E-state index contributed by atoms with van der Waals surface area (Å²) in [4.78, 5) is 3.92. The predicted molar refractivity (Wildman–Crippen MR) is 65.4 cm³/mol. The van der Waals surface area contributed by atoms with E-state index in [2.05, 4.69) is 15.6 Å². The molecule has 0 radical (unpaired) electrons. The van der Waals surface area contributed by atoms with Gasteiger partial charge in [0.15, 0.2) is 0 Å². The van der Waals surface area contributed by atoms with E-state index in [9.17, 15) is 13.2 Å². The van der Waals surface area contributed by atoms with E-state index in [-0.39, 0.29) is 17.4 Å². The van der Waals surface area contributed by atoms with Gasteiger partial charge in [-0.1, -0.05) is 12.0 Å². The van der Waals surface area contributed by atoms with E-state index < -0.39 is 6.36 Å². The van der Waals surface area contributed by atoms with E-state index in [0.717, 1.165) is 6.07 Å². The zero-order valence-electron chi connectivity index (χ0n) is 10.0. The maximum Gasteiger partial charge on any atom is 0.573 e. The van der Waals surface area contributed by atoms with Gasteiger partial charge in [-0.15, -0.1) is 19.6 Å². The van der Waals surface area contributed by atoms with Crippen molar-refractivity contribution in [1.82, 2.24) is 4.98 Å². The van der Waals surface area contributed by atoms with E-state index in [1.54, 1.807) is 6.07 Å². The average Bonchev–Trinajstić information content (AvgIpc) is 2.38. The Labute approximate surface area is 113 Å². The Morgan fingerprint density at radius 1 is 1.10 bits per heavy atom. The SMILES string of the molecule is C#Cc1ccc(Oc2cccc(OC(F)(F)F)c2)nc1. The lowest BCUT2D eigenvalue weighted by molar-refractivity contribution is -0.274. The molecule has 0 N–H and O–H groups in total. The molecule has 1 heterocycles. The van der Waals surface area contributed by atoms with Crippen LogP contribution in [0.15, 0.2) is 42.6 Å². The van der Waals surface area contributed by atoms with Crippen LogP contribution in [0.25, 0.3) is 0 Å². The lowest BCUT2D eigenvalue weighted by Gasteiger charge is -2.10. The highest BCUT2D eigenvalue weighted by molar-refractivity contribution is 5.37. The molecule has 0 amide bonds. The summed E-state index contributed by atoms with van der Waals surface area (Å²) < 4.78 is 45.4. The Morgan fingerprint density at radius 2 is 1.85 bits per heavy atom. The van der Waals surface area contributed by atoms with Crippen molar-refractivity contribution in [2.24, 2.45) is 0 Å². The van der Waals surface area contributed by atoms with Crippen LogP contribution >= 0.6 is 0 Å². The van der Waals surface area contributed by atoms with E-state index in [1.807, 2.05) is 0 Å². The molecular formula is C14H8F3NO2. The Hall–Kier alpha value is -2.68. The Morgan fingerprint density at radius 3 is 2.45 bits per heavy atom. The minimum Gasteiger partial charge on any atom is -0.439 e. The second kappa shape index (κ2) is 5.53. The van der Waals surface area contributed by atoms with Gasteiger partial charge >= 0.3 is 6.36 Å².